The Morgan fingerprint density at radius 1 is 1.28 bits per heavy atom. The molecule has 32 heavy (non-hydrogen) atoms. The van der Waals surface area contributed by atoms with Crippen LogP contribution < -0.4 is 5.32 Å². The summed E-state index contributed by atoms with van der Waals surface area (Å²) in [5, 5.41) is 2.66. The monoisotopic (exact) mass is 490 g/mol. The molecule has 1 saturated heterocycles. The number of amides is 1. The predicted octanol–water partition coefficient (Wildman–Crippen LogP) is 4.21. The third kappa shape index (κ3) is 4.87. The maximum atomic E-state index is 14.5. The quantitative estimate of drug-likeness (QED) is 0.362. The smallest absolute Gasteiger partial charge is 0.250 e. The number of aromatic amines is 1. The Labute approximate surface area is 192 Å². The highest BCUT2D eigenvalue weighted by Crippen LogP contribution is 2.36. The summed E-state index contributed by atoms with van der Waals surface area (Å²) in [7, 11) is 0. The summed E-state index contributed by atoms with van der Waals surface area (Å²) in [6.07, 6.45) is 0.0376. The van der Waals surface area contributed by atoms with E-state index in [0.29, 0.717) is 49.6 Å². The van der Waals surface area contributed by atoms with E-state index in [-0.39, 0.29) is 35.8 Å². The molecule has 0 saturated carbocycles. The molecule has 174 valence electrons. The number of nitrogens with zero attached hydrogens (tertiary/aromatic N) is 2. The molecule has 2 aromatic rings. The predicted molar refractivity (Wildman–Crippen MR) is 115 cm³/mol. The molecule has 1 fully saturated rings. The first kappa shape index (κ1) is 23.3. The van der Waals surface area contributed by atoms with Crippen molar-refractivity contribution in [2.45, 2.75) is 44.1 Å². The summed E-state index contributed by atoms with van der Waals surface area (Å²) in [5.74, 6) is -4.74. The SMILES string of the molecule is O=C(Cc1[nH]c(=S)n2c1C[C@@H](c1c(F)ccc(Cl)c1F)C2)NCCN1CCC(F)(F)CC1. The van der Waals surface area contributed by atoms with Crippen LogP contribution in [0.5, 0.6) is 0 Å². The molecule has 0 radical (unpaired) electrons. The van der Waals surface area contributed by atoms with Crippen LogP contribution in [0.25, 0.3) is 0 Å². The lowest BCUT2D eigenvalue weighted by Gasteiger charge is -2.31. The lowest BCUT2D eigenvalue weighted by atomic mass is 9.95. The highest BCUT2D eigenvalue weighted by Gasteiger charge is 2.34. The molecule has 11 heteroatoms. The Morgan fingerprint density at radius 3 is 2.72 bits per heavy atom. The van der Waals surface area contributed by atoms with Crippen LogP contribution in [0, 0.1) is 16.4 Å². The molecule has 1 aromatic heterocycles. The molecule has 1 amide bonds. The minimum atomic E-state index is -2.60. The summed E-state index contributed by atoms with van der Waals surface area (Å²) in [4.78, 5) is 17.3. The van der Waals surface area contributed by atoms with Crippen molar-refractivity contribution in [1.29, 1.82) is 0 Å². The molecule has 1 aromatic carbocycles. The second-order valence-electron chi connectivity index (χ2n) is 8.35. The summed E-state index contributed by atoms with van der Waals surface area (Å²) in [6.45, 7) is 1.76. The van der Waals surface area contributed by atoms with Crippen LogP contribution in [-0.2, 0) is 24.2 Å². The van der Waals surface area contributed by atoms with Crippen LogP contribution in [0.15, 0.2) is 12.1 Å². The van der Waals surface area contributed by atoms with Gasteiger partial charge in [0.1, 0.15) is 11.6 Å². The summed E-state index contributed by atoms with van der Waals surface area (Å²) in [6, 6.07) is 2.33. The third-order valence-corrected chi connectivity index (χ3v) is 6.80. The highest BCUT2D eigenvalue weighted by molar-refractivity contribution is 7.71. The van der Waals surface area contributed by atoms with Gasteiger partial charge in [-0.25, -0.2) is 17.6 Å². The van der Waals surface area contributed by atoms with Crippen LogP contribution in [0.3, 0.4) is 0 Å². The van der Waals surface area contributed by atoms with Gasteiger partial charge in [-0.1, -0.05) is 11.6 Å². The van der Waals surface area contributed by atoms with Crippen molar-refractivity contribution in [3.63, 3.8) is 0 Å². The average molecular weight is 491 g/mol. The van der Waals surface area contributed by atoms with Gasteiger partial charge in [0.15, 0.2) is 4.77 Å². The normalized spacial score (nSPS) is 20.3. The lowest BCUT2D eigenvalue weighted by molar-refractivity contribution is -0.120. The van der Waals surface area contributed by atoms with E-state index in [9.17, 15) is 22.4 Å². The van der Waals surface area contributed by atoms with E-state index in [2.05, 4.69) is 10.3 Å². The van der Waals surface area contributed by atoms with Gasteiger partial charge in [0.25, 0.3) is 5.92 Å². The third-order valence-electron chi connectivity index (χ3n) is 6.18. The number of piperidine rings is 1. The Morgan fingerprint density at radius 2 is 2.00 bits per heavy atom. The zero-order valence-corrected chi connectivity index (χ0v) is 18.8. The number of fused-ring (bicyclic) bond motifs is 1. The van der Waals surface area contributed by atoms with Crippen molar-refractivity contribution in [2.24, 2.45) is 0 Å². The minimum Gasteiger partial charge on any atom is -0.354 e. The summed E-state index contributed by atoms with van der Waals surface area (Å²) in [5.41, 5.74) is 1.28. The number of imidazole rings is 1. The first-order valence-corrected chi connectivity index (χ1v) is 11.2. The van der Waals surface area contributed by atoms with Gasteiger partial charge < -0.3 is 19.8 Å². The maximum absolute atomic E-state index is 14.5. The molecule has 3 heterocycles. The fourth-order valence-electron chi connectivity index (χ4n) is 4.44. The van der Waals surface area contributed by atoms with Crippen LogP contribution in [0.2, 0.25) is 5.02 Å². The van der Waals surface area contributed by atoms with Crippen LogP contribution in [0.4, 0.5) is 17.6 Å². The zero-order valence-electron chi connectivity index (χ0n) is 17.2. The van der Waals surface area contributed by atoms with E-state index in [4.69, 9.17) is 23.8 Å². The van der Waals surface area contributed by atoms with E-state index in [1.54, 1.807) is 4.57 Å². The van der Waals surface area contributed by atoms with Gasteiger partial charge in [-0.15, -0.1) is 0 Å². The minimum absolute atomic E-state index is 0.0390. The van der Waals surface area contributed by atoms with E-state index < -0.39 is 23.5 Å². The number of carbonyl (C=O) groups excluding carboxylic acids is 1. The number of hydrogen-bond donors (Lipinski definition) is 2. The molecule has 0 bridgehead atoms. The Kier molecular flexibility index (Phi) is 6.65. The van der Waals surface area contributed by atoms with Crippen molar-refractivity contribution in [2.75, 3.05) is 26.2 Å². The van der Waals surface area contributed by atoms with Gasteiger partial charge in [-0.2, -0.15) is 0 Å². The largest absolute Gasteiger partial charge is 0.354 e. The number of likely N-dealkylation sites (tertiary alicyclic amines) is 1. The molecule has 0 aliphatic carbocycles. The van der Waals surface area contributed by atoms with Gasteiger partial charge in [0.05, 0.1) is 11.4 Å². The highest BCUT2D eigenvalue weighted by atomic mass is 35.5. The van der Waals surface area contributed by atoms with E-state index >= 15 is 0 Å². The molecule has 2 N–H and O–H groups in total. The molecule has 2 aliphatic heterocycles. The molecule has 2 aliphatic rings. The number of hydrogen-bond acceptors (Lipinski definition) is 3. The molecule has 4 rings (SSSR count). The van der Waals surface area contributed by atoms with Crippen molar-refractivity contribution < 1.29 is 22.4 Å². The zero-order chi connectivity index (χ0) is 23.0. The van der Waals surface area contributed by atoms with E-state index in [1.807, 2.05) is 4.90 Å². The average Bonchev–Trinajstić information content (AvgIpc) is 3.28. The molecule has 5 nitrogen and oxygen atoms in total. The topological polar surface area (TPSA) is 53.1 Å². The molecular weight excluding hydrogens is 468 g/mol. The van der Waals surface area contributed by atoms with E-state index in [1.165, 1.54) is 6.07 Å². The fourth-order valence-corrected chi connectivity index (χ4v) is 4.91. The molecule has 0 unspecified atom stereocenters. The van der Waals surface area contributed by atoms with Crippen LogP contribution >= 0.6 is 23.8 Å². The Bertz CT molecular complexity index is 1080. The number of rotatable bonds is 6. The van der Waals surface area contributed by atoms with Crippen LogP contribution in [-0.4, -0.2) is 52.5 Å². The summed E-state index contributed by atoms with van der Waals surface area (Å²) >= 11 is 11.2. The second kappa shape index (κ2) is 9.15. The number of benzene rings is 1. The van der Waals surface area contributed by atoms with Crippen molar-refractivity contribution >= 4 is 29.7 Å². The fraction of sp³-hybridized carbons (Fsp3) is 0.524. The Hall–Kier alpha value is -1.91. The Balaban J connectivity index is 1.36. The number of aromatic nitrogens is 2. The van der Waals surface area contributed by atoms with Crippen LogP contribution in [0.1, 0.15) is 35.7 Å². The standard InChI is InChI=1S/C21H23ClF4N4OS/c22-13-1-2-14(23)18(19(13)24)12-9-16-15(28-20(32)30(16)11-12)10-17(31)27-5-8-29-6-3-21(25,26)4-7-29/h1-2,12H,3-11H2,(H,27,31)(H,28,32)/t12-/m1/s1. The van der Waals surface area contributed by atoms with Crippen molar-refractivity contribution in [1.82, 2.24) is 19.8 Å². The number of halogens is 5. The molecular formula is C21H23ClF4N4OS. The lowest BCUT2D eigenvalue weighted by Crippen LogP contribution is -2.43. The number of carbonyl (C=O) groups is 1. The first-order valence-electron chi connectivity index (χ1n) is 10.5. The van der Waals surface area contributed by atoms with Gasteiger partial charge >= 0.3 is 0 Å². The molecule has 0 spiro atoms. The van der Waals surface area contributed by atoms with Crippen molar-refractivity contribution in [3.05, 3.63) is 50.5 Å². The maximum Gasteiger partial charge on any atom is 0.250 e. The second-order valence-corrected chi connectivity index (χ2v) is 9.14. The van der Waals surface area contributed by atoms with Gasteiger partial charge in [0, 0.05) is 68.4 Å². The van der Waals surface area contributed by atoms with Crippen molar-refractivity contribution in [3.8, 4) is 0 Å². The van der Waals surface area contributed by atoms with Gasteiger partial charge in [0.2, 0.25) is 5.91 Å². The number of nitrogens with one attached hydrogen (secondary N) is 2. The summed E-state index contributed by atoms with van der Waals surface area (Å²) < 4.78 is 57.4. The first-order chi connectivity index (χ1) is 15.1. The number of H-pyrrole nitrogens is 1. The van der Waals surface area contributed by atoms with E-state index in [0.717, 1.165) is 11.8 Å². The van der Waals surface area contributed by atoms with Gasteiger partial charge in [-0.3, -0.25) is 4.79 Å². The van der Waals surface area contributed by atoms with Gasteiger partial charge in [-0.05, 0) is 30.8 Å². The molecule has 1 atom stereocenters. The number of alkyl halides is 2.